The first-order valence-corrected chi connectivity index (χ1v) is 6.62. The van der Waals surface area contributed by atoms with Gasteiger partial charge >= 0.3 is 0 Å². The quantitative estimate of drug-likeness (QED) is 0.839. The maximum Gasteiger partial charge on any atom is 0.253 e. The molecule has 0 N–H and O–H groups in total. The van der Waals surface area contributed by atoms with Crippen LogP contribution in [0.25, 0.3) is 0 Å². The Kier molecular flexibility index (Phi) is 4.43. The minimum Gasteiger partial charge on any atom is -0.496 e. The van der Waals surface area contributed by atoms with Crippen LogP contribution in [0.4, 0.5) is 0 Å². The summed E-state index contributed by atoms with van der Waals surface area (Å²) in [6.07, 6.45) is 2.10. The number of piperidine rings is 1. The minimum absolute atomic E-state index is 0.0767. The van der Waals surface area contributed by atoms with Crippen molar-refractivity contribution in [1.29, 1.82) is 0 Å². The lowest BCUT2D eigenvalue weighted by Crippen LogP contribution is -2.40. The lowest BCUT2D eigenvalue weighted by molar-refractivity contribution is 0.0350. The normalized spacial score (nSPS) is 16.5. The predicted octanol–water partition coefficient (Wildman–Crippen LogP) is 2.25. The van der Waals surface area contributed by atoms with E-state index < -0.39 is 0 Å². The molecule has 0 aromatic heterocycles. The smallest absolute Gasteiger partial charge is 0.253 e. The number of benzene rings is 1. The molecule has 1 saturated heterocycles. The molecule has 0 atom stereocenters. The van der Waals surface area contributed by atoms with Crippen molar-refractivity contribution >= 4 is 5.91 Å². The molecule has 1 aliphatic heterocycles. The molecule has 1 fully saturated rings. The summed E-state index contributed by atoms with van der Waals surface area (Å²) in [4.78, 5) is 14.3. The molecule has 0 saturated carbocycles. The highest BCUT2D eigenvalue weighted by Crippen LogP contribution is 2.21. The van der Waals surface area contributed by atoms with Crippen LogP contribution in [0.5, 0.6) is 5.75 Å². The standard InChI is InChI=1S/C15H21NO3/c1-11-4-5-12(10-14(11)19-3)15(17)16-8-6-13(18-2)7-9-16/h4-5,10,13H,6-9H2,1-3H3. The summed E-state index contributed by atoms with van der Waals surface area (Å²) in [5.41, 5.74) is 1.73. The summed E-state index contributed by atoms with van der Waals surface area (Å²) in [7, 11) is 3.35. The van der Waals surface area contributed by atoms with E-state index in [-0.39, 0.29) is 12.0 Å². The number of ether oxygens (including phenoxy) is 2. The summed E-state index contributed by atoms with van der Waals surface area (Å²) in [6.45, 7) is 3.48. The van der Waals surface area contributed by atoms with Crippen molar-refractivity contribution in [3.05, 3.63) is 29.3 Å². The number of amides is 1. The second kappa shape index (κ2) is 6.06. The first-order chi connectivity index (χ1) is 9.15. The second-order valence-electron chi connectivity index (χ2n) is 4.91. The molecule has 4 nitrogen and oxygen atoms in total. The van der Waals surface area contributed by atoms with Crippen LogP contribution in [0, 0.1) is 6.92 Å². The SMILES string of the molecule is COc1cc(C(=O)N2CCC(OC)CC2)ccc1C. The van der Waals surface area contributed by atoms with Gasteiger partial charge < -0.3 is 14.4 Å². The molecule has 1 heterocycles. The van der Waals surface area contributed by atoms with E-state index in [1.165, 1.54) is 0 Å². The predicted molar refractivity (Wildman–Crippen MR) is 73.7 cm³/mol. The van der Waals surface area contributed by atoms with Crippen molar-refractivity contribution in [2.45, 2.75) is 25.9 Å². The second-order valence-corrected chi connectivity index (χ2v) is 4.91. The molecular formula is C15H21NO3. The zero-order chi connectivity index (χ0) is 13.8. The van der Waals surface area contributed by atoms with Crippen LogP contribution in [-0.2, 0) is 4.74 Å². The Balaban J connectivity index is 2.08. The fourth-order valence-electron chi connectivity index (χ4n) is 2.43. The van der Waals surface area contributed by atoms with Crippen LogP contribution < -0.4 is 4.74 Å². The molecule has 2 rings (SSSR count). The van der Waals surface area contributed by atoms with Gasteiger partial charge in [-0.05, 0) is 37.5 Å². The number of methoxy groups -OCH3 is 2. The fraction of sp³-hybridized carbons (Fsp3) is 0.533. The van der Waals surface area contributed by atoms with Gasteiger partial charge in [-0.15, -0.1) is 0 Å². The van der Waals surface area contributed by atoms with Crippen LogP contribution >= 0.6 is 0 Å². The summed E-state index contributed by atoms with van der Waals surface area (Å²) < 4.78 is 10.6. The van der Waals surface area contributed by atoms with Crippen LogP contribution in [0.1, 0.15) is 28.8 Å². The van der Waals surface area contributed by atoms with Gasteiger partial charge in [0, 0.05) is 25.8 Å². The number of carbonyl (C=O) groups excluding carboxylic acids is 1. The molecular weight excluding hydrogens is 242 g/mol. The van der Waals surface area contributed by atoms with Gasteiger partial charge in [-0.1, -0.05) is 6.07 Å². The summed E-state index contributed by atoms with van der Waals surface area (Å²) in [5, 5.41) is 0. The number of hydrogen-bond donors (Lipinski definition) is 0. The third-order valence-corrected chi connectivity index (χ3v) is 3.72. The number of carbonyl (C=O) groups is 1. The number of rotatable bonds is 3. The van der Waals surface area contributed by atoms with Gasteiger partial charge in [-0.2, -0.15) is 0 Å². The van der Waals surface area contributed by atoms with Gasteiger partial charge in [0.05, 0.1) is 13.2 Å². The zero-order valence-electron chi connectivity index (χ0n) is 11.8. The van der Waals surface area contributed by atoms with Gasteiger partial charge in [0.15, 0.2) is 0 Å². The lowest BCUT2D eigenvalue weighted by atomic mass is 10.1. The van der Waals surface area contributed by atoms with E-state index in [1.54, 1.807) is 14.2 Å². The fourth-order valence-corrected chi connectivity index (χ4v) is 2.43. The molecule has 1 aromatic carbocycles. The average Bonchev–Trinajstić information content (AvgIpc) is 2.47. The summed E-state index contributed by atoms with van der Waals surface area (Å²) in [6, 6.07) is 5.61. The van der Waals surface area contributed by atoms with Gasteiger partial charge in [-0.25, -0.2) is 0 Å². The zero-order valence-corrected chi connectivity index (χ0v) is 11.8. The topological polar surface area (TPSA) is 38.8 Å². The van der Waals surface area contributed by atoms with Crippen molar-refractivity contribution in [2.24, 2.45) is 0 Å². The molecule has 0 aliphatic carbocycles. The van der Waals surface area contributed by atoms with Crippen molar-refractivity contribution in [3.8, 4) is 5.75 Å². The Morgan fingerprint density at radius 1 is 1.26 bits per heavy atom. The van der Waals surface area contributed by atoms with Crippen LogP contribution in [-0.4, -0.2) is 44.2 Å². The summed E-state index contributed by atoms with van der Waals surface area (Å²) in [5.74, 6) is 0.838. The Labute approximate surface area is 114 Å². The molecule has 0 radical (unpaired) electrons. The Morgan fingerprint density at radius 2 is 1.95 bits per heavy atom. The van der Waals surface area contributed by atoms with Crippen molar-refractivity contribution < 1.29 is 14.3 Å². The van der Waals surface area contributed by atoms with E-state index in [0.29, 0.717) is 5.56 Å². The van der Waals surface area contributed by atoms with Crippen molar-refractivity contribution in [2.75, 3.05) is 27.3 Å². The molecule has 104 valence electrons. The summed E-state index contributed by atoms with van der Waals surface area (Å²) >= 11 is 0. The molecule has 0 bridgehead atoms. The van der Waals surface area contributed by atoms with Gasteiger partial charge in [-0.3, -0.25) is 4.79 Å². The third-order valence-electron chi connectivity index (χ3n) is 3.72. The van der Waals surface area contributed by atoms with E-state index in [4.69, 9.17) is 9.47 Å². The Hall–Kier alpha value is -1.55. The van der Waals surface area contributed by atoms with Gasteiger partial charge in [0.25, 0.3) is 5.91 Å². The molecule has 1 amide bonds. The minimum atomic E-state index is 0.0767. The average molecular weight is 263 g/mol. The van der Waals surface area contributed by atoms with Gasteiger partial charge in [0.1, 0.15) is 5.75 Å². The number of hydrogen-bond acceptors (Lipinski definition) is 3. The molecule has 0 unspecified atom stereocenters. The maximum atomic E-state index is 12.4. The van der Waals surface area contributed by atoms with Crippen LogP contribution in [0.15, 0.2) is 18.2 Å². The van der Waals surface area contributed by atoms with E-state index >= 15 is 0 Å². The highest BCUT2D eigenvalue weighted by atomic mass is 16.5. The number of likely N-dealkylation sites (tertiary alicyclic amines) is 1. The van der Waals surface area contributed by atoms with Gasteiger partial charge in [0.2, 0.25) is 0 Å². The van der Waals surface area contributed by atoms with Crippen LogP contribution in [0.2, 0.25) is 0 Å². The van der Waals surface area contributed by atoms with E-state index in [9.17, 15) is 4.79 Å². The number of aryl methyl sites for hydroxylation is 1. The van der Waals surface area contributed by atoms with E-state index in [2.05, 4.69) is 0 Å². The van der Waals surface area contributed by atoms with Crippen LogP contribution in [0.3, 0.4) is 0 Å². The van der Waals surface area contributed by atoms with E-state index in [1.807, 2.05) is 30.0 Å². The number of nitrogens with zero attached hydrogens (tertiary/aromatic N) is 1. The van der Waals surface area contributed by atoms with E-state index in [0.717, 1.165) is 37.2 Å². The lowest BCUT2D eigenvalue weighted by Gasteiger charge is -2.31. The Morgan fingerprint density at radius 3 is 2.53 bits per heavy atom. The molecule has 1 aliphatic rings. The molecule has 1 aromatic rings. The first-order valence-electron chi connectivity index (χ1n) is 6.62. The molecule has 19 heavy (non-hydrogen) atoms. The monoisotopic (exact) mass is 263 g/mol. The largest absolute Gasteiger partial charge is 0.496 e. The Bertz CT molecular complexity index is 451. The highest BCUT2D eigenvalue weighted by Gasteiger charge is 2.23. The third kappa shape index (κ3) is 3.07. The highest BCUT2D eigenvalue weighted by molar-refractivity contribution is 5.94. The molecule has 0 spiro atoms. The maximum absolute atomic E-state index is 12.4. The first kappa shape index (κ1) is 13.9. The van der Waals surface area contributed by atoms with Crippen molar-refractivity contribution in [1.82, 2.24) is 4.90 Å². The van der Waals surface area contributed by atoms with Crippen molar-refractivity contribution in [3.63, 3.8) is 0 Å². The molecule has 4 heteroatoms.